The van der Waals surface area contributed by atoms with Crippen LogP contribution in [0.5, 0.6) is 0 Å². The van der Waals surface area contributed by atoms with Gasteiger partial charge in [-0.3, -0.25) is 9.89 Å². The number of carbonyl (C=O) groups excluding carboxylic acids is 1. The van der Waals surface area contributed by atoms with E-state index in [0.29, 0.717) is 6.54 Å². The standard InChI is InChI=1S/C15H22N6O.2ClH/c1-9-11(10(2)20-19-9)5-7-21(3)15(22)14-13-12(4-6-16-14)17-8-18-13;;/h8,14,16H,4-7H2,1-3H3,(H,17,18)(H,19,20);2*1H. The van der Waals surface area contributed by atoms with E-state index in [0.717, 1.165) is 42.2 Å². The van der Waals surface area contributed by atoms with Gasteiger partial charge in [0.15, 0.2) is 0 Å². The molecule has 134 valence electrons. The Hall–Kier alpha value is -1.57. The summed E-state index contributed by atoms with van der Waals surface area (Å²) in [6.07, 6.45) is 3.35. The first-order valence-corrected chi connectivity index (χ1v) is 7.59. The SMILES string of the molecule is Cc1n[nH]c(C)c1CCN(C)C(=O)C1NCCc2[nH]cnc21.Cl.Cl. The number of amides is 1. The summed E-state index contributed by atoms with van der Waals surface area (Å²) in [6, 6.07) is -0.341. The van der Waals surface area contributed by atoms with Gasteiger partial charge in [0.2, 0.25) is 5.91 Å². The molecule has 0 aromatic carbocycles. The molecule has 24 heavy (non-hydrogen) atoms. The molecule has 2 aromatic rings. The minimum Gasteiger partial charge on any atom is -0.348 e. The number of aryl methyl sites for hydroxylation is 2. The lowest BCUT2D eigenvalue weighted by Crippen LogP contribution is -2.43. The molecule has 3 heterocycles. The number of halogens is 2. The van der Waals surface area contributed by atoms with Crippen molar-refractivity contribution in [3.05, 3.63) is 34.7 Å². The summed E-state index contributed by atoms with van der Waals surface area (Å²) in [5.41, 5.74) is 5.16. The first kappa shape index (κ1) is 20.5. The van der Waals surface area contributed by atoms with Crippen LogP contribution in [0.3, 0.4) is 0 Å². The van der Waals surface area contributed by atoms with Crippen molar-refractivity contribution in [2.75, 3.05) is 20.1 Å². The number of likely N-dealkylation sites (N-methyl/N-ethyl adjacent to an activating group) is 1. The van der Waals surface area contributed by atoms with Crippen LogP contribution in [-0.2, 0) is 17.6 Å². The molecule has 9 heteroatoms. The van der Waals surface area contributed by atoms with E-state index in [2.05, 4.69) is 25.5 Å². The first-order chi connectivity index (χ1) is 10.6. The molecule has 1 atom stereocenters. The number of fused-ring (bicyclic) bond motifs is 1. The van der Waals surface area contributed by atoms with E-state index in [-0.39, 0.29) is 36.8 Å². The van der Waals surface area contributed by atoms with Crippen molar-refractivity contribution in [2.24, 2.45) is 0 Å². The molecule has 2 aromatic heterocycles. The number of imidazole rings is 1. The van der Waals surface area contributed by atoms with E-state index in [9.17, 15) is 4.79 Å². The summed E-state index contributed by atoms with van der Waals surface area (Å²) in [5.74, 6) is 0.0619. The van der Waals surface area contributed by atoms with Crippen LogP contribution in [0.4, 0.5) is 0 Å². The van der Waals surface area contributed by atoms with Gasteiger partial charge in [0.25, 0.3) is 0 Å². The normalized spacial score (nSPS) is 15.9. The van der Waals surface area contributed by atoms with Gasteiger partial charge < -0.3 is 15.2 Å². The summed E-state index contributed by atoms with van der Waals surface area (Å²) in [6.45, 7) is 5.45. The van der Waals surface area contributed by atoms with Gasteiger partial charge in [-0.15, -0.1) is 24.8 Å². The van der Waals surface area contributed by atoms with Crippen LogP contribution in [0.15, 0.2) is 6.33 Å². The lowest BCUT2D eigenvalue weighted by atomic mass is 10.0. The van der Waals surface area contributed by atoms with Crippen LogP contribution < -0.4 is 5.32 Å². The van der Waals surface area contributed by atoms with Gasteiger partial charge in [0.1, 0.15) is 6.04 Å². The molecule has 0 radical (unpaired) electrons. The molecule has 1 aliphatic rings. The Bertz CT molecular complexity index is 664. The summed E-state index contributed by atoms with van der Waals surface area (Å²) in [7, 11) is 1.84. The fourth-order valence-electron chi connectivity index (χ4n) is 2.98. The van der Waals surface area contributed by atoms with E-state index in [1.54, 1.807) is 11.2 Å². The molecule has 0 bridgehead atoms. The smallest absolute Gasteiger partial charge is 0.245 e. The first-order valence-electron chi connectivity index (χ1n) is 7.59. The van der Waals surface area contributed by atoms with Crippen LogP contribution in [0.2, 0.25) is 0 Å². The highest BCUT2D eigenvalue weighted by molar-refractivity contribution is 5.85. The van der Waals surface area contributed by atoms with E-state index in [4.69, 9.17) is 0 Å². The maximum Gasteiger partial charge on any atom is 0.245 e. The fourth-order valence-corrected chi connectivity index (χ4v) is 2.98. The van der Waals surface area contributed by atoms with E-state index < -0.39 is 0 Å². The van der Waals surface area contributed by atoms with Gasteiger partial charge in [-0.1, -0.05) is 0 Å². The van der Waals surface area contributed by atoms with Crippen LogP contribution in [0.25, 0.3) is 0 Å². The number of aromatic amines is 2. The van der Waals surface area contributed by atoms with Crippen molar-refractivity contribution < 1.29 is 4.79 Å². The van der Waals surface area contributed by atoms with Crippen molar-refractivity contribution in [1.29, 1.82) is 0 Å². The highest BCUT2D eigenvalue weighted by Gasteiger charge is 2.30. The highest BCUT2D eigenvalue weighted by Crippen LogP contribution is 2.21. The van der Waals surface area contributed by atoms with Crippen LogP contribution in [0, 0.1) is 13.8 Å². The maximum absolute atomic E-state index is 12.7. The third kappa shape index (κ3) is 3.91. The van der Waals surface area contributed by atoms with Gasteiger partial charge >= 0.3 is 0 Å². The number of carbonyl (C=O) groups is 1. The predicted octanol–water partition coefficient (Wildman–Crippen LogP) is 1.48. The maximum atomic E-state index is 12.7. The summed E-state index contributed by atoms with van der Waals surface area (Å²) in [4.78, 5) is 21.9. The molecule has 1 amide bonds. The zero-order valence-corrected chi connectivity index (χ0v) is 15.7. The molecule has 0 saturated heterocycles. The average Bonchev–Trinajstić information content (AvgIpc) is 3.11. The number of rotatable bonds is 4. The molecule has 7 nitrogen and oxygen atoms in total. The average molecular weight is 375 g/mol. The van der Waals surface area contributed by atoms with Crippen molar-refractivity contribution in [2.45, 2.75) is 32.7 Å². The van der Waals surface area contributed by atoms with Gasteiger partial charge in [-0.25, -0.2) is 4.98 Å². The van der Waals surface area contributed by atoms with Gasteiger partial charge in [0.05, 0.1) is 17.7 Å². The molecule has 3 rings (SSSR count). The van der Waals surface area contributed by atoms with E-state index in [1.807, 2.05) is 20.9 Å². The van der Waals surface area contributed by atoms with Crippen molar-refractivity contribution in [1.82, 2.24) is 30.4 Å². The zero-order chi connectivity index (χ0) is 15.7. The van der Waals surface area contributed by atoms with E-state index in [1.165, 1.54) is 5.56 Å². The van der Waals surface area contributed by atoms with Crippen molar-refractivity contribution in [3.8, 4) is 0 Å². The molecule has 0 fully saturated rings. The van der Waals surface area contributed by atoms with Crippen LogP contribution in [0.1, 0.15) is 34.4 Å². The molecule has 0 spiro atoms. The molecule has 1 aliphatic heterocycles. The third-order valence-corrected chi connectivity index (χ3v) is 4.35. The highest BCUT2D eigenvalue weighted by atomic mass is 35.5. The second kappa shape index (κ2) is 8.50. The number of aromatic nitrogens is 4. The topological polar surface area (TPSA) is 89.7 Å². The Balaban J connectivity index is 0.00000144. The Kier molecular flexibility index (Phi) is 7.26. The number of nitrogens with zero attached hydrogens (tertiary/aromatic N) is 3. The lowest BCUT2D eigenvalue weighted by Gasteiger charge is -2.27. The second-order valence-corrected chi connectivity index (χ2v) is 5.83. The summed E-state index contributed by atoms with van der Waals surface area (Å²) in [5, 5.41) is 10.4. The van der Waals surface area contributed by atoms with Gasteiger partial charge in [0, 0.05) is 37.9 Å². The number of hydrogen-bond donors (Lipinski definition) is 3. The minimum absolute atomic E-state index is 0. The molecule has 3 N–H and O–H groups in total. The predicted molar refractivity (Wildman–Crippen MR) is 96.9 cm³/mol. The molecule has 1 unspecified atom stereocenters. The summed E-state index contributed by atoms with van der Waals surface area (Å²) >= 11 is 0. The Morgan fingerprint density at radius 2 is 2.12 bits per heavy atom. The van der Waals surface area contributed by atoms with Gasteiger partial charge in [-0.2, -0.15) is 5.10 Å². The molecular weight excluding hydrogens is 351 g/mol. The molecule has 0 saturated carbocycles. The molecular formula is C15H24Cl2N6O. The number of hydrogen-bond acceptors (Lipinski definition) is 4. The number of H-pyrrole nitrogens is 2. The van der Waals surface area contributed by atoms with Gasteiger partial charge in [-0.05, 0) is 25.8 Å². The Morgan fingerprint density at radius 3 is 2.79 bits per heavy atom. The quantitative estimate of drug-likeness (QED) is 0.755. The molecule has 0 aliphatic carbocycles. The van der Waals surface area contributed by atoms with Crippen LogP contribution in [-0.4, -0.2) is 51.1 Å². The second-order valence-electron chi connectivity index (χ2n) is 5.83. The van der Waals surface area contributed by atoms with Crippen LogP contribution >= 0.6 is 24.8 Å². The minimum atomic E-state index is -0.341. The third-order valence-electron chi connectivity index (χ3n) is 4.35. The fraction of sp³-hybridized carbons (Fsp3) is 0.533. The van der Waals surface area contributed by atoms with Crippen molar-refractivity contribution >= 4 is 30.7 Å². The monoisotopic (exact) mass is 374 g/mol. The Morgan fingerprint density at radius 1 is 1.38 bits per heavy atom. The van der Waals surface area contributed by atoms with E-state index >= 15 is 0 Å². The summed E-state index contributed by atoms with van der Waals surface area (Å²) < 4.78 is 0. The van der Waals surface area contributed by atoms with Crippen molar-refractivity contribution in [3.63, 3.8) is 0 Å². The number of nitrogens with one attached hydrogen (secondary N) is 3. The Labute approximate surface area is 153 Å². The lowest BCUT2D eigenvalue weighted by molar-refractivity contribution is -0.132. The zero-order valence-electron chi connectivity index (χ0n) is 14.0. The largest absolute Gasteiger partial charge is 0.348 e.